The Balaban J connectivity index is 1.98. The van der Waals surface area contributed by atoms with Crippen LogP contribution in [0.4, 0.5) is 0 Å². The summed E-state index contributed by atoms with van der Waals surface area (Å²) in [7, 11) is 0. The van der Waals surface area contributed by atoms with Crippen molar-refractivity contribution in [1.29, 1.82) is 0 Å². The molecular formula is C17H22N4O4. The Hall–Kier alpha value is -2.29. The Morgan fingerprint density at radius 2 is 2.12 bits per heavy atom. The Bertz CT molecular complexity index is 827. The smallest absolute Gasteiger partial charge is 0.267 e. The van der Waals surface area contributed by atoms with E-state index in [1.54, 1.807) is 12.1 Å². The van der Waals surface area contributed by atoms with Gasteiger partial charge in [0.25, 0.3) is 11.5 Å². The Kier molecular flexibility index (Phi) is 5.42. The quantitative estimate of drug-likeness (QED) is 0.584. The first-order valence-corrected chi connectivity index (χ1v) is 8.38. The predicted octanol–water partition coefficient (Wildman–Crippen LogP) is -0.432. The lowest BCUT2D eigenvalue weighted by Gasteiger charge is -2.23. The molecule has 1 fully saturated rings. The van der Waals surface area contributed by atoms with Crippen LogP contribution in [0.15, 0.2) is 23.1 Å². The Labute approximate surface area is 144 Å². The summed E-state index contributed by atoms with van der Waals surface area (Å²) < 4.78 is 1.04. The molecule has 0 spiro atoms. The second kappa shape index (κ2) is 7.73. The van der Waals surface area contributed by atoms with Gasteiger partial charge in [-0.3, -0.25) is 14.2 Å². The standard InChI is InChI=1S/C17H22N4O4/c22-9-13-12-2-1-5-19-15(12)21(10-23)17(25)14(13)16(24)20-8-11-3-6-18-7-4-11/h1-2,5,11,18,22-23H,3-4,6-10H2,(H,20,24). The van der Waals surface area contributed by atoms with Crippen molar-refractivity contribution < 1.29 is 15.0 Å². The maximum atomic E-state index is 12.7. The number of rotatable bonds is 5. The Morgan fingerprint density at radius 1 is 1.36 bits per heavy atom. The monoisotopic (exact) mass is 346 g/mol. The summed E-state index contributed by atoms with van der Waals surface area (Å²) in [5.74, 6) is -0.162. The van der Waals surface area contributed by atoms with Crippen molar-refractivity contribution in [3.63, 3.8) is 0 Å². The number of fused-ring (bicyclic) bond motifs is 1. The fourth-order valence-electron chi connectivity index (χ4n) is 3.28. The highest BCUT2D eigenvalue weighted by Gasteiger charge is 2.23. The van der Waals surface area contributed by atoms with E-state index in [2.05, 4.69) is 15.6 Å². The molecule has 2 aromatic rings. The van der Waals surface area contributed by atoms with E-state index in [0.717, 1.165) is 30.5 Å². The summed E-state index contributed by atoms with van der Waals surface area (Å²) in [6, 6.07) is 3.33. The summed E-state index contributed by atoms with van der Waals surface area (Å²) in [5, 5.41) is 25.8. The minimum absolute atomic E-state index is 0.133. The molecule has 1 saturated heterocycles. The molecule has 0 saturated carbocycles. The van der Waals surface area contributed by atoms with Crippen molar-refractivity contribution in [1.82, 2.24) is 20.2 Å². The summed E-state index contributed by atoms with van der Waals surface area (Å²) in [4.78, 5) is 29.4. The van der Waals surface area contributed by atoms with Crippen LogP contribution in [-0.2, 0) is 13.3 Å². The first kappa shape index (κ1) is 17.5. The van der Waals surface area contributed by atoms with Crippen molar-refractivity contribution in [2.45, 2.75) is 26.2 Å². The zero-order valence-electron chi connectivity index (χ0n) is 13.9. The van der Waals surface area contributed by atoms with Crippen LogP contribution in [0, 0.1) is 5.92 Å². The molecule has 8 nitrogen and oxygen atoms in total. The number of aliphatic hydroxyl groups is 2. The zero-order valence-corrected chi connectivity index (χ0v) is 13.9. The molecule has 4 N–H and O–H groups in total. The first-order valence-electron chi connectivity index (χ1n) is 8.38. The molecule has 1 aliphatic rings. The second-order valence-corrected chi connectivity index (χ2v) is 6.16. The molecule has 1 amide bonds. The molecule has 0 unspecified atom stereocenters. The van der Waals surface area contributed by atoms with Gasteiger partial charge in [0, 0.05) is 23.7 Å². The molecule has 0 aliphatic carbocycles. The molecule has 25 heavy (non-hydrogen) atoms. The van der Waals surface area contributed by atoms with Crippen molar-refractivity contribution in [3.8, 4) is 0 Å². The van der Waals surface area contributed by atoms with Crippen LogP contribution in [0.1, 0.15) is 28.8 Å². The average molecular weight is 346 g/mol. The van der Waals surface area contributed by atoms with Gasteiger partial charge in [0.05, 0.1) is 6.61 Å². The second-order valence-electron chi connectivity index (χ2n) is 6.16. The van der Waals surface area contributed by atoms with Crippen LogP contribution in [0.2, 0.25) is 0 Å². The van der Waals surface area contributed by atoms with E-state index in [4.69, 9.17) is 0 Å². The van der Waals surface area contributed by atoms with Gasteiger partial charge in [-0.25, -0.2) is 4.98 Å². The van der Waals surface area contributed by atoms with Crippen molar-refractivity contribution in [2.75, 3.05) is 19.6 Å². The van der Waals surface area contributed by atoms with Gasteiger partial charge in [-0.05, 0) is 44.0 Å². The van der Waals surface area contributed by atoms with E-state index >= 15 is 0 Å². The van der Waals surface area contributed by atoms with E-state index in [-0.39, 0.29) is 16.8 Å². The third-order valence-electron chi connectivity index (χ3n) is 4.66. The van der Waals surface area contributed by atoms with Crippen LogP contribution in [0.25, 0.3) is 11.0 Å². The topological polar surface area (TPSA) is 116 Å². The van der Waals surface area contributed by atoms with E-state index in [1.807, 2.05) is 0 Å². The van der Waals surface area contributed by atoms with E-state index in [0.29, 0.717) is 17.8 Å². The van der Waals surface area contributed by atoms with Gasteiger partial charge in [-0.2, -0.15) is 0 Å². The first-order chi connectivity index (χ1) is 12.2. The van der Waals surface area contributed by atoms with Gasteiger partial charge in [0.2, 0.25) is 0 Å². The zero-order chi connectivity index (χ0) is 17.8. The molecule has 0 atom stereocenters. The minimum Gasteiger partial charge on any atom is -0.392 e. The number of nitrogens with one attached hydrogen (secondary N) is 2. The number of carbonyl (C=O) groups is 1. The molecular weight excluding hydrogens is 324 g/mol. The average Bonchev–Trinajstić information content (AvgIpc) is 2.66. The summed E-state index contributed by atoms with van der Waals surface area (Å²) >= 11 is 0. The summed E-state index contributed by atoms with van der Waals surface area (Å²) in [6.45, 7) is 1.27. The third kappa shape index (κ3) is 3.41. The normalized spacial score (nSPS) is 15.4. The lowest BCUT2D eigenvalue weighted by molar-refractivity contribution is 0.0938. The number of nitrogens with zero attached hydrogens (tertiary/aromatic N) is 2. The number of aromatic nitrogens is 2. The third-order valence-corrected chi connectivity index (χ3v) is 4.66. The van der Waals surface area contributed by atoms with Crippen molar-refractivity contribution in [2.24, 2.45) is 5.92 Å². The lowest BCUT2D eigenvalue weighted by atomic mass is 9.98. The molecule has 0 aromatic carbocycles. The molecule has 134 valence electrons. The predicted molar refractivity (Wildman–Crippen MR) is 92.1 cm³/mol. The van der Waals surface area contributed by atoms with E-state index < -0.39 is 24.8 Å². The SMILES string of the molecule is O=C(NCC1CCNCC1)c1c(CO)c2cccnc2n(CO)c1=O. The number of carbonyl (C=O) groups excluding carboxylic acids is 1. The molecule has 3 heterocycles. The number of amides is 1. The van der Waals surface area contributed by atoms with Crippen LogP contribution in [0.5, 0.6) is 0 Å². The van der Waals surface area contributed by atoms with E-state index in [1.165, 1.54) is 6.20 Å². The van der Waals surface area contributed by atoms with Crippen LogP contribution >= 0.6 is 0 Å². The Morgan fingerprint density at radius 3 is 2.80 bits per heavy atom. The summed E-state index contributed by atoms with van der Waals surface area (Å²) in [5.41, 5.74) is -0.305. The number of aliphatic hydroxyl groups excluding tert-OH is 2. The van der Waals surface area contributed by atoms with Gasteiger partial charge < -0.3 is 20.8 Å². The van der Waals surface area contributed by atoms with Gasteiger partial charge in [-0.15, -0.1) is 0 Å². The highest BCUT2D eigenvalue weighted by molar-refractivity contribution is 5.99. The van der Waals surface area contributed by atoms with E-state index in [9.17, 15) is 19.8 Å². The largest absolute Gasteiger partial charge is 0.392 e. The van der Waals surface area contributed by atoms with Crippen molar-refractivity contribution >= 4 is 16.9 Å². The molecule has 2 aromatic heterocycles. The molecule has 3 rings (SSSR count). The summed E-state index contributed by atoms with van der Waals surface area (Å²) in [6.07, 6.45) is 3.43. The van der Waals surface area contributed by atoms with Crippen LogP contribution in [0.3, 0.4) is 0 Å². The molecule has 1 aliphatic heterocycles. The van der Waals surface area contributed by atoms with Gasteiger partial charge in [0.15, 0.2) is 0 Å². The number of hydrogen-bond acceptors (Lipinski definition) is 6. The maximum absolute atomic E-state index is 12.7. The van der Waals surface area contributed by atoms with Crippen LogP contribution < -0.4 is 16.2 Å². The maximum Gasteiger partial charge on any atom is 0.267 e. The van der Waals surface area contributed by atoms with Gasteiger partial charge in [-0.1, -0.05) is 0 Å². The van der Waals surface area contributed by atoms with Gasteiger partial charge >= 0.3 is 0 Å². The minimum atomic E-state index is -0.652. The molecule has 8 heteroatoms. The van der Waals surface area contributed by atoms with Gasteiger partial charge in [0.1, 0.15) is 17.9 Å². The van der Waals surface area contributed by atoms with Crippen LogP contribution in [-0.4, -0.2) is 45.3 Å². The molecule has 0 bridgehead atoms. The number of hydrogen-bond donors (Lipinski definition) is 4. The number of pyridine rings is 2. The fourth-order valence-corrected chi connectivity index (χ4v) is 3.28. The molecule has 0 radical (unpaired) electrons. The highest BCUT2D eigenvalue weighted by atomic mass is 16.3. The highest BCUT2D eigenvalue weighted by Crippen LogP contribution is 2.19. The fraction of sp³-hybridized carbons (Fsp3) is 0.471. The number of piperidine rings is 1. The van der Waals surface area contributed by atoms with Crippen molar-refractivity contribution in [3.05, 3.63) is 39.8 Å². The lowest BCUT2D eigenvalue weighted by Crippen LogP contribution is -2.39.